The fourth-order valence-corrected chi connectivity index (χ4v) is 2.61. The van der Waals surface area contributed by atoms with Crippen molar-refractivity contribution in [3.05, 3.63) is 29.6 Å². The van der Waals surface area contributed by atoms with Crippen molar-refractivity contribution in [1.29, 1.82) is 0 Å². The fourth-order valence-electron chi connectivity index (χ4n) is 2.61. The Labute approximate surface area is 125 Å². The molecule has 2 aromatic rings. The quantitative estimate of drug-likeness (QED) is 0.851. The predicted octanol–water partition coefficient (Wildman–Crippen LogP) is 2.64. The highest BCUT2D eigenvalue weighted by Gasteiger charge is 2.12. The molecule has 0 aliphatic carbocycles. The van der Waals surface area contributed by atoms with Crippen molar-refractivity contribution in [2.45, 2.75) is 33.7 Å². The number of carbonyl (C=O) groups is 1. The fraction of sp³-hybridized carbons (Fsp3) is 0.500. The van der Waals surface area contributed by atoms with E-state index in [9.17, 15) is 4.79 Å². The summed E-state index contributed by atoms with van der Waals surface area (Å²) < 4.78 is 2.21. The van der Waals surface area contributed by atoms with Gasteiger partial charge in [0.25, 0.3) is 0 Å². The number of hydrogen-bond donors (Lipinski definition) is 1. The van der Waals surface area contributed by atoms with E-state index in [1.54, 1.807) is 12.1 Å². The third-order valence-electron chi connectivity index (χ3n) is 3.92. The van der Waals surface area contributed by atoms with Crippen LogP contribution in [0.15, 0.2) is 18.2 Å². The number of aryl methyl sites for hydroxylation is 1. The van der Waals surface area contributed by atoms with Crippen molar-refractivity contribution in [2.75, 3.05) is 19.6 Å². The second kappa shape index (κ2) is 6.72. The van der Waals surface area contributed by atoms with Gasteiger partial charge < -0.3 is 14.6 Å². The van der Waals surface area contributed by atoms with Crippen LogP contribution in [0.1, 0.15) is 37.0 Å². The Bertz CT molecular complexity index is 630. The van der Waals surface area contributed by atoms with Crippen LogP contribution < -0.4 is 0 Å². The molecule has 114 valence electrons. The molecule has 5 heteroatoms. The van der Waals surface area contributed by atoms with E-state index in [-0.39, 0.29) is 0 Å². The highest BCUT2D eigenvalue weighted by Crippen LogP contribution is 2.19. The summed E-state index contributed by atoms with van der Waals surface area (Å²) >= 11 is 0. The lowest BCUT2D eigenvalue weighted by Crippen LogP contribution is -2.27. The number of fused-ring (bicyclic) bond motifs is 1. The summed E-state index contributed by atoms with van der Waals surface area (Å²) in [4.78, 5) is 18.0. The van der Waals surface area contributed by atoms with Crippen LogP contribution in [0.3, 0.4) is 0 Å². The standard InChI is InChI=1S/C16H23N3O2/c1-4-15-17-13-11-12(16(20)21)7-8-14(13)19(15)10-9-18(5-2)6-3/h7-8,11H,4-6,9-10H2,1-3H3,(H,20,21). The summed E-state index contributed by atoms with van der Waals surface area (Å²) in [7, 11) is 0. The van der Waals surface area contributed by atoms with Crippen LogP contribution in [0.4, 0.5) is 0 Å². The summed E-state index contributed by atoms with van der Waals surface area (Å²) in [5.74, 6) is 0.104. The molecule has 5 nitrogen and oxygen atoms in total. The Morgan fingerprint density at radius 2 is 2.00 bits per heavy atom. The Kier molecular flexibility index (Phi) is 4.96. The molecule has 0 saturated heterocycles. The maximum absolute atomic E-state index is 11.1. The van der Waals surface area contributed by atoms with Crippen molar-refractivity contribution in [3.63, 3.8) is 0 Å². The van der Waals surface area contributed by atoms with Gasteiger partial charge in [-0.25, -0.2) is 9.78 Å². The molecule has 1 aromatic carbocycles. The number of aromatic carboxylic acids is 1. The number of likely N-dealkylation sites (N-methyl/N-ethyl adjacent to an activating group) is 1. The molecule has 0 atom stereocenters. The van der Waals surface area contributed by atoms with Crippen molar-refractivity contribution in [3.8, 4) is 0 Å². The van der Waals surface area contributed by atoms with Gasteiger partial charge in [-0.1, -0.05) is 20.8 Å². The lowest BCUT2D eigenvalue weighted by atomic mass is 10.2. The molecule has 0 radical (unpaired) electrons. The molecule has 1 heterocycles. The molecule has 2 rings (SSSR count). The van der Waals surface area contributed by atoms with E-state index in [2.05, 4.69) is 35.2 Å². The number of rotatable bonds is 7. The van der Waals surface area contributed by atoms with Crippen LogP contribution >= 0.6 is 0 Å². The number of carboxylic acid groups (broad SMARTS) is 1. The first kappa shape index (κ1) is 15.5. The molecular weight excluding hydrogens is 266 g/mol. The van der Waals surface area contributed by atoms with Crippen molar-refractivity contribution in [2.24, 2.45) is 0 Å². The second-order valence-electron chi connectivity index (χ2n) is 5.07. The first-order valence-electron chi connectivity index (χ1n) is 7.55. The third-order valence-corrected chi connectivity index (χ3v) is 3.92. The molecule has 21 heavy (non-hydrogen) atoms. The maximum atomic E-state index is 11.1. The normalized spacial score (nSPS) is 11.4. The van der Waals surface area contributed by atoms with Gasteiger partial charge in [-0.05, 0) is 31.3 Å². The second-order valence-corrected chi connectivity index (χ2v) is 5.07. The van der Waals surface area contributed by atoms with E-state index < -0.39 is 5.97 Å². The molecule has 0 unspecified atom stereocenters. The number of hydrogen-bond acceptors (Lipinski definition) is 3. The van der Waals surface area contributed by atoms with Crippen LogP contribution in [0, 0.1) is 0 Å². The van der Waals surface area contributed by atoms with Crippen LogP contribution in [-0.2, 0) is 13.0 Å². The average Bonchev–Trinajstić information content (AvgIpc) is 2.85. The van der Waals surface area contributed by atoms with Gasteiger partial charge in [-0.15, -0.1) is 0 Å². The van der Waals surface area contributed by atoms with Gasteiger partial charge in [0.15, 0.2) is 0 Å². The van der Waals surface area contributed by atoms with E-state index in [1.165, 1.54) is 0 Å². The monoisotopic (exact) mass is 289 g/mol. The zero-order valence-electron chi connectivity index (χ0n) is 13.0. The van der Waals surface area contributed by atoms with E-state index >= 15 is 0 Å². The van der Waals surface area contributed by atoms with Gasteiger partial charge >= 0.3 is 5.97 Å². The summed E-state index contributed by atoms with van der Waals surface area (Å²) in [6.07, 6.45) is 0.843. The minimum atomic E-state index is -0.910. The molecule has 0 fully saturated rings. The molecule has 0 saturated carbocycles. The number of benzene rings is 1. The minimum absolute atomic E-state index is 0.290. The Morgan fingerprint density at radius 1 is 1.29 bits per heavy atom. The van der Waals surface area contributed by atoms with Gasteiger partial charge in [-0.2, -0.15) is 0 Å². The number of imidazole rings is 1. The Balaban J connectivity index is 2.35. The molecule has 1 N–H and O–H groups in total. The van der Waals surface area contributed by atoms with E-state index in [0.29, 0.717) is 5.56 Å². The zero-order valence-corrected chi connectivity index (χ0v) is 13.0. The zero-order chi connectivity index (χ0) is 15.4. The van der Waals surface area contributed by atoms with Gasteiger partial charge in [0, 0.05) is 19.5 Å². The van der Waals surface area contributed by atoms with Crippen molar-refractivity contribution in [1.82, 2.24) is 14.5 Å². The number of aromatic nitrogens is 2. The lowest BCUT2D eigenvalue weighted by Gasteiger charge is -2.19. The molecule has 0 bridgehead atoms. The van der Waals surface area contributed by atoms with Gasteiger partial charge in [-0.3, -0.25) is 0 Å². The molecular formula is C16H23N3O2. The SMILES string of the molecule is CCc1nc2cc(C(=O)O)ccc2n1CCN(CC)CC. The minimum Gasteiger partial charge on any atom is -0.478 e. The molecule has 0 amide bonds. The van der Waals surface area contributed by atoms with Crippen molar-refractivity contribution < 1.29 is 9.90 Å². The Morgan fingerprint density at radius 3 is 2.57 bits per heavy atom. The topological polar surface area (TPSA) is 58.4 Å². The summed E-state index contributed by atoms with van der Waals surface area (Å²) in [6.45, 7) is 10.3. The molecule has 0 aliphatic rings. The predicted molar refractivity (Wildman–Crippen MR) is 83.9 cm³/mol. The van der Waals surface area contributed by atoms with Crippen LogP contribution in [-0.4, -0.2) is 45.2 Å². The smallest absolute Gasteiger partial charge is 0.335 e. The number of carboxylic acids is 1. The largest absolute Gasteiger partial charge is 0.478 e. The van der Waals surface area contributed by atoms with Crippen LogP contribution in [0.25, 0.3) is 11.0 Å². The van der Waals surface area contributed by atoms with Crippen LogP contribution in [0.2, 0.25) is 0 Å². The molecule has 0 aliphatic heterocycles. The summed E-state index contributed by atoms with van der Waals surface area (Å²) in [5.41, 5.74) is 2.08. The van der Waals surface area contributed by atoms with Gasteiger partial charge in [0.2, 0.25) is 0 Å². The van der Waals surface area contributed by atoms with Gasteiger partial charge in [0.05, 0.1) is 16.6 Å². The lowest BCUT2D eigenvalue weighted by molar-refractivity contribution is 0.0697. The average molecular weight is 289 g/mol. The summed E-state index contributed by atoms with van der Waals surface area (Å²) in [5, 5.41) is 9.08. The highest BCUT2D eigenvalue weighted by atomic mass is 16.4. The van der Waals surface area contributed by atoms with E-state index in [4.69, 9.17) is 5.11 Å². The molecule has 1 aromatic heterocycles. The molecule has 0 spiro atoms. The third kappa shape index (κ3) is 3.24. The van der Waals surface area contributed by atoms with Crippen LogP contribution in [0.5, 0.6) is 0 Å². The highest BCUT2D eigenvalue weighted by molar-refractivity contribution is 5.92. The number of nitrogens with zero attached hydrogens (tertiary/aromatic N) is 3. The first-order chi connectivity index (χ1) is 10.1. The van der Waals surface area contributed by atoms with E-state index in [0.717, 1.165) is 49.5 Å². The van der Waals surface area contributed by atoms with Gasteiger partial charge in [0.1, 0.15) is 5.82 Å². The van der Waals surface area contributed by atoms with E-state index in [1.807, 2.05) is 6.07 Å². The first-order valence-corrected chi connectivity index (χ1v) is 7.55. The van der Waals surface area contributed by atoms with Crippen molar-refractivity contribution >= 4 is 17.0 Å². The Hall–Kier alpha value is -1.88. The maximum Gasteiger partial charge on any atom is 0.335 e. The summed E-state index contributed by atoms with van der Waals surface area (Å²) in [6, 6.07) is 5.18.